The highest BCUT2D eigenvalue weighted by Crippen LogP contribution is 2.54. The second-order valence-corrected chi connectivity index (χ2v) is 41.6. The molecule has 0 saturated carbocycles. The van der Waals surface area contributed by atoms with Crippen LogP contribution in [-0.2, 0) is 5.41 Å². The molecule has 0 N–H and O–H groups in total. The number of nitrogens with zero attached hydrogens (tertiary/aromatic N) is 10. The van der Waals surface area contributed by atoms with E-state index >= 15 is 0 Å². The summed E-state index contributed by atoms with van der Waals surface area (Å²) in [6, 6.07) is 161. The average Bonchev–Trinajstić information content (AvgIpc) is 1.54. The van der Waals surface area contributed by atoms with Crippen molar-refractivity contribution in [2.45, 2.75) is 19.3 Å². The van der Waals surface area contributed by atoms with E-state index in [1.54, 1.807) is 34.0 Å². The quantitative estimate of drug-likeness (QED) is 0.135. The molecule has 31 rings (SSSR count). The van der Waals surface area contributed by atoms with E-state index in [2.05, 4.69) is 481 Å². The highest BCUT2D eigenvalue weighted by Gasteiger charge is 2.37. The van der Waals surface area contributed by atoms with Crippen molar-refractivity contribution < 1.29 is 0 Å². The van der Waals surface area contributed by atoms with Crippen molar-refractivity contribution in [1.82, 2.24) is 48.2 Å². The molecular formula is C129H80N10S4. The first kappa shape index (κ1) is 82.6. The van der Waals surface area contributed by atoms with Gasteiger partial charge in [-0.2, -0.15) is 0 Å². The van der Waals surface area contributed by atoms with Gasteiger partial charge in [-0.1, -0.05) is 329 Å². The molecule has 0 spiro atoms. The molecule has 0 amide bonds. The van der Waals surface area contributed by atoms with Crippen molar-refractivity contribution in [1.29, 1.82) is 0 Å². The first-order valence-electron chi connectivity index (χ1n) is 48.3. The first-order valence-corrected chi connectivity index (χ1v) is 51.6. The monoisotopic (exact) mass is 1900 g/mol. The molecule has 0 atom stereocenters. The average molecular weight is 1900 g/mol. The Morgan fingerprint density at radius 3 is 0.895 bits per heavy atom. The summed E-state index contributed by atoms with van der Waals surface area (Å²) in [5.41, 5.74) is 31.3. The Kier molecular flexibility index (Phi) is 19.0. The molecule has 143 heavy (non-hydrogen) atoms. The lowest BCUT2D eigenvalue weighted by Crippen LogP contribution is -2.14. The number of thiophene rings is 4. The van der Waals surface area contributed by atoms with Crippen LogP contribution in [0.4, 0.5) is 0 Å². The molecule has 19 aromatic carbocycles. The van der Waals surface area contributed by atoms with Crippen LogP contribution in [0.1, 0.15) is 25.0 Å². The van der Waals surface area contributed by atoms with Crippen LogP contribution in [0.25, 0.3) is 270 Å². The van der Waals surface area contributed by atoms with E-state index in [1.807, 2.05) is 11.3 Å². The third kappa shape index (κ3) is 13.0. The van der Waals surface area contributed by atoms with Crippen LogP contribution >= 0.6 is 45.3 Å². The third-order valence-corrected chi connectivity index (χ3v) is 33.6. The Hall–Kier alpha value is -17.5. The highest BCUT2D eigenvalue weighted by molar-refractivity contribution is 7.27. The zero-order chi connectivity index (χ0) is 94.2. The van der Waals surface area contributed by atoms with Crippen LogP contribution < -0.4 is 0 Å². The van der Waals surface area contributed by atoms with Crippen molar-refractivity contribution in [3.63, 3.8) is 0 Å². The van der Waals surface area contributed by atoms with Gasteiger partial charge in [0.05, 0.1) is 109 Å². The topological polar surface area (TPSA) is 97.1 Å². The largest absolute Gasteiger partial charge is 0.309 e. The van der Waals surface area contributed by atoms with Gasteiger partial charge in [-0.3, -0.25) is 0 Å². The van der Waals surface area contributed by atoms with E-state index in [0.29, 0.717) is 5.82 Å². The van der Waals surface area contributed by atoms with E-state index in [-0.39, 0.29) is 5.41 Å². The van der Waals surface area contributed by atoms with Crippen molar-refractivity contribution in [3.8, 4) is 102 Å². The first-order chi connectivity index (χ1) is 70.7. The summed E-state index contributed by atoms with van der Waals surface area (Å²) >= 11 is 7.16. The van der Waals surface area contributed by atoms with E-state index in [1.165, 1.54) is 143 Å². The molecule has 10 nitrogen and oxygen atoms in total. The lowest BCUT2D eigenvalue weighted by Gasteiger charge is -2.21. The van der Waals surface area contributed by atoms with Crippen LogP contribution in [0.3, 0.4) is 0 Å². The molecule has 0 fully saturated rings. The van der Waals surface area contributed by atoms with Crippen molar-refractivity contribution >= 4 is 214 Å². The second kappa shape index (κ2) is 32.8. The molecule has 14 heteroatoms. The molecule has 670 valence electrons. The summed E-state index contributed by atoms with van der Waals surface area (Å²) in [4.78, 5) is 32.1. The Bertz CT molecular complexity index is 10500. The zero-order valence-electron chi connectivity index (χ0n) is 77.3. The van der Waals surface area contributed by atoms with Gasteiger partial charge in [-0.25, -0.2) is 29.9 Å². The Morgan fingerprint density at radius 2 is 0.483 bits per heavy atom. The van der Waals surface area contributed by atoms with Gasteiger partial charge in [-0.05, 0) is 156 Å². The van der Waals surface area contributed by atoms with Gasteiger partial charge >= 0.3 is 0 Å². The normalized spacial score (nSPS) is 12.5. The highest BCUT2D eigenvalue weighted by atomic mass is 32.1. The van der Waals surface area contributed by atoms with E-state index < -0.39 is 0 Å². The maximum atomic E-state index is 5.38. The van der Waals surface area contributed by atoms with Crippen LogP contribution in [-0.4, -0.2) is 48.2 Å². The fraction of sp³-hybridized carbons (Fsp3) is 0.0233. The standard InChI is InChI=1S/C46H28N4S.C43H29N3S.C40H23N3S2/c1-3-15-29(16-4-1)43-45-44(34-22-10-14-26-42(34)51-45)48-46(47-43)33-21-9-13-25-39(33)50-38-24-12-8-20-32(38)36-27-40-35(28-41(36)50)31-19-7-11-23-37(31)49(40)30-17-5-2-6-18-30;1-43(2)33-20-10-6-16-27(33)31-25-37-32(24-34(31)43)28-17-7-11-21-35(28)46(37)36-22-12-8-18-29(36)42-44-39(26-14-4-3-5-15-26)41-40(45-42)30-19-9-13-23-38(30)47-41;1-2-12-24(13-3-1)37-39-38(28-17-7-11-21-35(28)45-39)42-40(41-37)27-16-5-9-19-32(27)43-31-18-8-4-14-25(31)29-23-36-30(22-33(29)43)26-15-6-10-20-34(26)44-36/h1-28H;3-25H,1-2H3;1-23H. The number of para-hydroxylation sites is 8. The van der Waals surface area contributed by atoms with Crippen molar-refractivity contribution in [2.24, 2.45) is 0 Å². The van der Waals surface area contributed by atoms with Crippen LogP contribution in [0.2, 0.25) is 0 Å². The molecule has 1 aliphatic rings. The van der Waals surface area contributed by atoms with Gasteiger partial charge in [0.2, 0.25) is 0 Å². The summed E-state index contributed by atoms with van der Waals surface area (Å²) < 4.78 is 19.3. The lowest BCUT2D eigenvalue weighted by atomic mass is 9.82. The molecule has 0 aliphatic heterocycles. The predicted octanol–water partition coefficient (Wildman–Crippen LogP) is 35.6. The lowest BCUT2D eigenvalue weighted by molar-refractivity contribution is 0.661. The summed E-state index contributed by atoms with van der Waals surface area (Å²) in [6.45, 7) is 4.70. The maximum Gasteiger partial charge on any atom is 0.162 e. The number of rotatable bonds is 10. The smallest absolute Gasteiger partial charge is 0.162 e. The number of aromatic nitrogens is 10. The minimum atomic E-state index is -0.0678. The van der Waals surface area contributed by atoms with Crippen molar-refractivity contribution in [3.05, 3.63) is 460 Å². The van der Waals surface area contributed by atoms with Gasteiger partial charge < -0.3 is 18.3 Å². The minimum Gasteiger partial charge on any atom is -0.309 e. The minimum absolute atomic E-state index is 0.0678. The molecular weight excluding hydrogens is 1820 g/mol. The number of benzene rings is 19. The molecule has 0 unspecified atom stereocenters. The summed E-state index contributed by atoms with van der Waals surface area (Å²) in [5.74, 6) is 2.18. The molecule has 0 bridgehead atoms. The summed E-state index contributed by atoms with van der Waals surface area (Å²) in [5, 5.41) is 16.0. The Labute approximate surface area is 836 Å². The zero-order valence-corrected chi connectivity index (χ0v) is 80.6. The summed E-state index contributed by atoms with van der Waals surface area (Å²) in [6.07, 6.45) is 0. The molecule has 0 radical (unpaired) electrons. The molecule has 30 aromatic rings. The van der Waals surface area contributed by atoms with Gasteiger partial charge in [-0.15, -0.1) is 45.3 Å². The molecule has 1 aliphatic carbocycles. The van der Waals surface area contributed by atoms with Gasteiger partial charge in [0, 0.05) is 138 Å². The van der Waals surface area contributed by atoms with E-state index in [4.69, 9.17) is 29.9 Å². The Morgan fingerprint density at radius 1 is 0.189 bits per heavy atom. The second-order valence-electron chi connectivity index (χ2n) is 37.3. The number of hydrogen-bond donors (Lipinski definition) is 0. The molecule has 11 aromatic heterocycles. The van der Waals surface area contributed by atoms with E-state index in [0.717, 1.165) is 132 Å². The predicted molar refractivity (Wildman–Crippen MR) is 605 cm³/mol. The van der Waals surface area contributed by atoms with Crippen LogP contribution in [0.15, 0.2) is 449 Å². The Balaban J connectivity index is 0.000000102. The maximum absolute atomic E-state index is 5.38. The number of fused-ring (bicyclic) bond motifs is 27. The molecule has 0 saturated heterocycles. The van der Waals surface area contributed by atoms with Crippen molar-refractivity contribution in [2.75, 3.05) is 0 Å². The number of hydrogen-bond acceptors (Lipinski definition) is 10. The fourth-order valence-electron chi connectivity index (χ4n) is 22.5. The van der Waals surface area contributed by atoms with Gasteiger partial charge in [0.15, 0.2) is 17.5 Å². The van der Waals surface area contributed by atoms with Crippen LogP contribution in [0, 0.1) is 0 Å². The van der Waals surface area contributed by atoms with Gasteiger partial charge in [0.1, 0.15) is 0 Å². The molecule has 11 heterocycles. The fourth-order valence-corrected chi connectivity index (χ4v) is 27.1. The summed E-state index contributed by atoms with van der Waals surface area (Å²) in [7, 11) is 0. The SMILES string of the molecule is CC1(C)c2ccccc2-c2cc3c(cc21)c1ccccc1n3-c1ccccc1-c1nc(-c2ccccc2)c2sc3ccccc3c2n1.c1ccc(-c2nc(-c3ccccc3-n3c4ccccc4c4cc5c(cc43)c3ccccc3n5-c3ccccc3)nc3c2sc2ccccc23)cc1.c1ccc(-c2nc(-c3ccccc3-n3c4ccccc4c4cc5sc6ccccc6c5cc43)nc3c2sc2ccccc23)cc1. The van der Waals surface area contributed by atoms with E-state index in [9.17, 15) is 0 Å². The van der Waals surface area contributed by atoms with Gasteiger partial charge in [0.25, 0.3) is 0 Å². The van der Waals surface area contributed by atoms with Crippen LogP contribution in [0.5, 0.6) is 0 Å². The third-order valence-electron chi connectivity index (χ3n) is 29.0.